The highest BCUT2D eigenvalue weighted by Crippen LogP contribution is 2.22. The van der Waals surface area contributed by atoms with Gasteiger partial charge in [0.2, 0.25) is 0 Å². The van der Waals surface area contributed by atoms with Gasteiger partial charge in [-0.2, -0.15) is 0 Å². The van der Waals surface area contributed by atoms with Crippen LogP contribution >= 0.6 is 0 Å². The third kappa shape index (κ3) is 1.74. The van der Waals surface area contributed by atoms with Gasteiger partial charge in [-0.25, -0.2) is 4.79 Å². The van der Waals surface area contributed by atoms with Crippen LogP contribution in [0.1, 0.15) is 33.2 Å². The van der Waals surface area contributed by atoms with Gasteiger partial charge in [-0.05, 0) is 24.1 Å². The normalized spacial score (nSPS) is 9.79. The quantitative estimate of drug-likeness (QED) is 0.714. The maximum absolute atomic E-state index is 10.7. The zero-order valence-corrected chi connectivity index (χ0v) is 7.65. The van der Waals surface area contributed by atoms with Gasteiger partial charge in [-0.15, -0.1) is 0 Å². The smallest absolute Gasteiger partial charge is 0.336 e. The summed E-state index contributed by atoms with van der Waals surface area (Å²) in [5.74, 6) is -1.21. The van der Waals surface area contributed by atoms with Crippen molar-refractivity contribution in [2.75, 3.05) is 0 Å². The van der Waals surface area contributed by atoms with E-state index in [1.165, 1.54) is 12.1 Å². The van der Waals surface area contributed by atoms with Crippen molar-refractivity contribution in [3.05, 3.63) is 28.8 Å². The Morgan fingerprint density at radius 3 is 2.57 bits per heavy atom. The monoisotopic (exact) mass is 194 g/mol. The van der Waals surface area contributed by atoms with Crippen molar-refractivity contribution in [1.29, 1.82) is 0 Å². The van der Waals surface area contributed by atoms with Crippen molar-refractivity contribution >= 4 is 12.3 Å². The van der Waals surface area contributed by atoms with Gasteiger partial charge in [0.15, 0.2) is 6.29 Å². The molecule has 0 saturated carbocycles. The second kappa shape index (κ2) is 3.91. The number of carbonyl (C=O) groups excluding carboxylic acids is 1. The van der Waals surface area contributed by atoms with Crippen LogP contribution in [0.25, 0.3) is 0 Å². The minimum atomic E-state index is -1.16. The van der Waals surface area contributed by atoms with Crippen LogP contribution in [0.15, 0.2) is 12.1 Å². The molecule has 0 radical (unpaired) electrons. The molecule has 0 aliphatic carbocycles. The zero-order chi connectivity index (χ0) is 10.7. The van der Waals surface area contributed by atoms with Crippen LogP contribution in [0.4, 0.5) is 0 Å². The molecule has 2 N–H and O–H groups in total. The first kappa shape index (κ1) is 10.2. The fourth-order valence-electron chi connectivity index (χ4n) is 1.22. The molecule has 0 saturated heterocycles. The van der Waals surface area contributed by atoms with E-state index >= 15 is 0 Å². The molecule has 0 spiro atoms. The first-order valence-corrected chi connectivity index (χ1v) is 4.14. The van der Waals surface area contributed by atoms with Gasteiger partial charge in [0.05, 0.1) is 5.56 Å². The molecule has 1 aromatic rings. The van der Waals surface area contributed by atoms with Crippen LogP contribution in [0.3, 0.4) is 0 Å². The van der Waals surface area contributed by atoms with E-state index in [9.17, 15) is 14.7 Å². The second-order valence-corrected chi connectivity index (χ2v) is 2.84. The number of carboxylic acids is 1. The van der Waals surface area contributed by atoms with Crippen LogP contribution in [0.2, 0.25) is 0 Å². The molecule has 4 nitrogen and oxygen atoms in total. The lowest BCUT2D eigenvalue weighted by molar-refractivity contribution is 0.0694. The molecule has 0 bridgehead atoms. The van der Waals surface area contributed by atoms with Crippen LogP contribution in [-0.2, 0) is 6.42 Å². The molecule has 1 aromatic carbocycles. The van der Waals surface area contributed by atoms with E-state index in [0.717, 1.165) is 0 Å². The van der Waals surface area contributed by atoms with Crippen molar-refractivity contribution in [2.45, 2.75) is 13.3 Å². The predicted molar refractivity (Wildman–Crippen MR) is 49.8 cm³/mol. The molecular formula is C10H10O4. The summed E-state index contributed by atoms with van der Waals surface area (Å²) in [5.41, 5.74) is 0.440. The third-order valence-electron chi connectivity index (χ3n) is 1.99. The van der Waals surface area contributed by atoms with E-state index in [2.05, 4.69) is 0 Å². The van der Waals surface area contributed by atoms with E-state index in [0.29, 0.717) is 18.3 Å². The zero-order valence-electron chi connectivity index (χ0n) is 7.65. The number of aryl methyl sites for hydroxylation is 1. The minimum absolute atomic E-state index is 0.00722. The summed E-state index contributed by atoms with van der Waals surface area (Å²) in [6, 6.07) is 2.50. The Hall–Kier alpha value is -1.84. The first-order chi connectivity index (χ1) is 6.60. The second-order valence-electron chi connectivity index (χ2n) is 2.84. The highest BCUT2D eigenvalue weighted by Gasteiger charge is 2.12. The number of hydrogen-bond donors (Lipinski definition) is 2. The lowest BCUT2D eigenvalue weighted by Gasteiger charge is -2.05. The van der Waals surface area contributed by atoms with E-state index < -0.39 is 5.97 Å². The number of rotatable bonds is 3. The van der Waals surface area contributed by atoms with Gasteiger partial charge in [0.25, 0.3) is 0 Å². The molecule has 0 aliphatic rings. The van der Waals surface area contributed by atoms with Gasteiger partial charge in [-0.1, -0.05) is 6.92 Å². The lowest BCUT2D eigenvalue weighted by Crippen LogP contribution is -2.03. The number of aromatic carboxylic acids is 1. The van der Waals surface area contributed by atoms with Gasteiger partial charge in [0, 0.05) is 5.56 Å². The Balaban J connectivity index is 3.39. The fourth-order valence-corrected chi connectivity index (χ4v) is 1.22. The predicted octanol–water partition coefficient (Wildman–Crippen LogP) is 1.47. The van der Waals surface area contributed by atoms with Crippen molar-refractivity contribution in [1.82, 2.24) is 0 Å². The molecule has 0 fully saturated rings. The molecule has 0 unspecified atom stereocenters. The topological polar surface area (TPSA) is 74.6 Å². The Morgan fingerprint density at radius 2 is 2.14 bits per heavy atom. The summed E-state index contributed by atoms with van der Waals surface area (Å²) < 4.78 is 0. The first-order valence-electron chi connectivity index (χ1n) is 4.14. The van der Waals surface area contributed by atoms with E-state index in [-0.39, 0.29) is 16.9 Å². The number of carboxylic acid groups (broad SMARTS) is 1. The Morgan fingerprint density at radius 1 is 1.50 bits per heavy atom. The van der Waals surface area contributed by atoms with Crippen LogP contribution in [0, 0.1) is 0 Å². The molecular weight excluding hydrogens is 184 g/mol. The summed E-state index contributed by atoms with van der Waals surface area (Å²) in [5, 5.41) is 18.1. The van der Waals surface area contributed by atoms with Crippen molar-refractivity contribution in [3.8, 4) is 5.75 Å². The highest BCUT2D eigenvalue weighted by molar-refractivity contribution is 5.97. The van der Waals surface area contributed by atoms with Crippen LogP contribution < -0.4 is 0 Å². The average molecular weight is 194 g/mol. The lowest BCUT2D eigenvalue weighted by atomic mass is 10.0. The summed E-state index contributed by atoms with van der Waals surface area (Å²) >= 11 is 0. The molecule has 0 atom stereocenters. The number of benzene rings is 1. The molecule has 0 aliphatic heterocycles. The highest BCUT2D eigenvalue weighted by atomic mass is 16.4. The standard InChI is InChI=1S/C10H10O4/c1-2-6-3-8(10(13)14)7(5-11)4-9(6)12/h3-5,12H,2H2,1H3,(H,13,14). The summed E-state index contributed by atoms with van der Waals surface area (Å²) in [6.45, 7) is 1.79. The number of hydrogen-bond acceptors (Lipinski definition) is 3. The van der Waals surface area contributed by atoms with Gasteiger partial charge < -0.3 is 10.2 Å². The third-order valence-corrected chi connectivity index (χ3v) is 1.99. The number of aromatic hydroxyl groups is 1. The van der Waals surface area contributed by atoms with Crippen molar-refractivity contribution in [2.24, 2.45) is 0 Å². The molecule has 0 aromatic heterocycles. The fraction of sp³-hybridized carbons (Fsp3) is 0.200. The Labute approximate surface area is 80.8 Å². The number of phenols is 1. The Kier molecular flexibility index (Phi) is 2.86. The van der Waals surface area contributed by atoms with Crippen molar-refractivity contribution < 1.29 is 19.8 Å². The number of carbonyl (C=O) groups is 2. The van der Waals surface area contributed by atoms with Crippen LogP contribution in [-0.4, -0.2) is 22.5 Å². The number of phenolic OH excluding ortho intramolecular Hbond substituents is 1. The molecule has 1 rings (SSSR count). The minimum Gasteiger partial charge on any atom is -0.508 e. The maximum atomic E-state index is 10.7. The SMILES string of the molecule is CCc1cc(C(=O)O)c(C=O)cc1O. The van der Waals surface area contributed by atoms with E-state index in [1.54, 1.807) is 6.92 Å². The largest absolute Gasteiger partial charge is 0.508 e. The van der Waals surface area contributed by atoms with Crippen molar-refractivity contribution in [3.63, 3.8) is 0 Å². The van der Waals surface area contributed by atoms with E-state index in [1.807, 2.05) is 0 Å². The Bertz CT molecular complexity index is 382. The molecule has 14 heavy (non-hydrogen) atoms. The molecule has 0 amide bonds. The summed E-state index contributed by atoms with van der Waals surface area (Å²) in [6.07, 6.45) is 0.938. The summed E-state index contributed by atoms with van der Waals surface area (Å²) in [4.78, 5) is 21.2. The molecule has 4 heteroatoms. The van der Waals surface area contributed by atoms with E-state index in [4.69, 9.17) is 5.11 Å². The van der Waals surface area contributed by atoms with Gasteiger partial charge in [-0.3, -0.25) is 4.79 Å². The number of aldehydes is 1. The molecule has 0 heterocycles. The van der Waals surface area contributed by atoms with Crippen LogP contribution in [0.5, 0.6) is 5.75 Å². The van der Waals surface area contributed by atoms with Gasteiger partial charge in [0.1, 0.15) is 5.75 Å². The average Bonchev–Trinajstić information content (AvgIpc) is 2.16. The maximum Gasteiger partial charge on any atom is 0.336 e. The summed E-state index contributed by atoms with van der Waals surface area (Å²) in [7, 11) is 0. The molecule has 74 valence electrons. The van der Waals surface area contributed by atoms with Gasteiger partial charge >= 0.3 is 5.97 Å².